The van der Waals surface area contributed by atoms with E-state index in [2.05, 4.69) is 24.5 Å². The smallest absolute Gasteiger partial charge is 0.0664 e. The van der Waals surface area contributed by atoms with E-state index in [1.54, 1.807) is 0 Å². The van der Waals surface area contributed by atoms with Crippen LogP contribution >= 0.6 is 0 Å². The standard InChI is InChI=1S/C26H56N2O2/c1-3-5-7-9-11-15-19-25(29)23-27-21-17-13-14-18-22-28-24-26(30)20-16-12-10-8-6-4-2/h25-30H,3-24H2,1-2H3. The minimum Gasteiger partial charge on any atom is -0.392 e. The zero-order valence-electron chi connectivity index (χ0n) is 20.6. The number of aliphatic hydroxyl groups excluding tert-OH is 2. The highest BCUT2D eigenvalue weighted by Crippen LogP contribution is 2.09. The predicted octanol–water partition coefficient (Wildman–Crippen LogP) is 5.95. The molecule has 2 unspecified atom stereocenters. The number of nitrogens with one attached hydrogen (secondary N) is 2. The minimum absolute atomic E-state index is 0.178. The summed E-state index contributed by atoms with van der Waals surface area (Å²) in [6, 6.07) is 0. The third kappa shape index (κ3) is 24.1. The van der Waals surface area contributed by atoms with E-state index in [4.69, 9.17) is 0 Å². The van der Waals surface area contributed by atoms with E-state index in [1.165, 1.54) is 89.9 Å². The van der Waals surface area contributed by atoms with Crippen molar-refractivity contribution in [2.75, 3.05) is 26.2 Å². The van der Waals surface area contributed by atoms with Gasteiger partial charge in [-0.05, 0) is 38.8 Å². The van der Waals surface area contributed by atoms with Gasteiger partial charge >= 0.3 is 0 Å². The van der Waals surface area contributed by atoms with Crippen molar-refractivity contribution in [3.8, 4) is 0 Å². The first kappa shape index (κ1) is 29.8. The molecule has 0 saturated heterocycles. The zero-order chi connectivity index (χ0) is 22.1. The summed E-state index contributed by atoms with van der Waals surface area (Å²) in [5.41, 5.74) is 0. The molecule has 2 atom stereocenters. The van der Waals surface area contributed by atoms with Crippen LogP contribution in [0.25, 0.3) is 0 Å². The molecule has 0 aliphatic heterocycles. The highest BCUT2D eigenvalue weighted by atomic mass is 16.3. The largest absolute Gasteiger partial charge is 0.392 e. The van der Waals surface area contributed by atoms with Crippen LogP contribution in [-0.2, 0) is 0 Å². The Hall–Kier alpha value is -0.160. The van der Waals surface area contributed by atoms with Crippen LogP contribution in [0.4, 0.5) is 0 Å². The Morgan fingerprint density at radius 1 is 0.467 bits per heavy atom. The summed E-state index contributed by atoms with van der Waals surface area (Å²) in [7, 11) is 0. The lowest BCUT2D eigenvalue weighted by Crippen LogP contribution is -2.28. The van der Waals surface area contributed by atoms with Crippen LogP contribution in [0.3, 0.4) is 0 Å². The number of hydrogen-bond acceptors (Lipinski definition) is 4. The van der Waals surface area contributed by atoms with E-state index in [-0.39, 0.29) is 12.2 Å². The summed E-state index contributed by atoms with van der Waals surface area (Å²) in [6.45, 7) is 8.00. The zero-order valence-corrected chi connectivity index (χ0v) is 20.6. The first-order chi connectivity index (χ1) is 14.7. The number of hydrogen-bond donors (Lipinski definition) is 4. The Bertz CT molecular complexity index is 285. The molecular formula is C26H56N2O2. The average Bonchev–Trinajstić information content (AvgIpc) is 2.74. The average molecular weight is 429 g/mol. The van der Waals surface area contributed by atoms with Gasteiger partial charge in [0.15, 0.2) is 0 Å². The van der Waals surface area contributed by atoms with E-state index in [0.29, 0.717) is 0 Å². The van der Waals surface area contributed by atoms with Crippen molar-refractivity contribution in [2.24, 2.45) is 0 Å². The van der Waals surface area contributed by atoms with Crippen LogP contribution < -0.4 is 10.6 Å². The fourth-order valence-corrected chi connectivity index (χ4v) is 3.92. The number of aliphatic hydroxyl groups is 2. The summed E-state index contributed by atoms with van der Waals surface area (Å²) >= 11 is 0. The second-order valence-electron chi connectivity index (χ2n) is 9.24. The fourth-order valence-electron chi connectivity index (χ4n) is 3.92. The maximum atomic E-state index is 10.0. The molecule has 4 N–H and O–H groups in total. The van der Waals surface area contributed by atoms with Crippen LogP contribution in [0.15, 0.2) is 0 Å². The molecule has 0 rings (SSSR count). The molecule has 0 bridgehead atoms. The lowest BCUT2D eigenvalue weighted by atomic mass is 10.1. The van der Waals surface area contributed by atoms with Crippen molar-refractivity contribution in [3.63, 3.8) is 0 Å². The van der Waals surface area contributed by atoms with Gasteiger partial charge < -0.3 is 20.8 Å². The van der Waals surface area contributed by atoms with Gasteiger partial charge in [0.2, 0.25) is 0 Å². The second kappa shape index (κ2) is 25.1. The van der Waals surface area contributed by atoms with Crippen LogP contribution in [0.5, 0.6) is 0 Å². The molecule has 0 aliphatic carbocycles. The van der Waals surface area contributed by atoms with E-state index in [0.717, 1.165) is 51.9 Å². The quantitative estimate of drug-likeness (QED) is 0.136. The van der Waals surface area contributed by atoms with E-state index < -0.39 is 0 Å². The fraction of sp³-hybridized carbons (Fsp3) is 1.00. The molecule has 30 heavy (non-hydrogen) atoms. The van der Waals surface area contributed by atoms with E-state index in [9.17, 15) is 10.2 Å². The summed E-state index contributed by atoms with van der Waals surface area (Å²) < 4.78 is 0. The van der Waals surface area contributed by atoms with Crippen molar-refractivity contribution in [1.29, 1.82) is 0 Å². The lowest BCUT2D eigenvalue weighted by Gasteiger charge is -2.12. The van der Waals surface area contributed by atoms with Crippen LogP contribution in [0.2, 0.25) is 0 Å². The molecule has 0 aliphatic rings. The summed E-state index contributed by atoms with van der Waals surface area (Å²) in [4.78, 5) is 0. The third-order valence-corrected chi connectivity index (χ3v) is 6.00. The predicted molar refractivity (Wildman–Crippen MR) is 132 cm³/mol. The monoisotopic (exact) mass is 428 g/mol. The Morgan fingerprint density at radius 3 is 1.20 bits per heavy atom. The molecule has 4 nitrogen and oxygen atoms in total. The lowest BCUT2D eigenvalue weighted by molar-refractivity contribution is 0.157. The topological polar surface area (TPSA) is 64.5 Å². The van der Waals surface area contributed by atoms with Crippen LogP contribution in [0, 0.1) is 0 Å². The van der Waals surface area contributed by atoms with Gasteiger partial charge in [-0.2, -0.15) is 0 Å². The highest BCUT2D eigenvalue weighted by Gasteiger charge is 2.04. The Kier molecular flexibility index (Phi) is 25.0. The molecule has 182 valence electrons. The minimum atomic E-state index is -0.178. The van der Waals surface area contributed by atoms with Gasteiger partial charge in [0, 0.05) is 13.1 Å². The Labute approximate surface area is 189 Å². The van der Waals surface area contributed by atoms with Gasteiger partial charge in [-0.1, -0.05) is 104 Å². The van der Waals surface area contributed by atoms with Crippen molar-refractivity contribution < 1.29 is 10.2 Å². The molecule has 0 spiro atoms. The number of rotatable bonds is 25. The molecular weight excluding hydrogens is 372 g/mol. The summed E-state index contributed by atoms with van der Waals surface area (Å²) in [5, 5.41) is 26.8. The van der Waals surface area contributed by atoms with Crippen LogP contribution in [0.1, 0.15) is 129 Å². The third-order valence-electron chi connectivity index (χ3n) is 6.00. The van der Waals surface area contributed by atoms with Crippen molar-refractivity contribution >= 4 is 0 Å². The van der Waals surface area contributed by atoms with Gasteiger partial charge in [-0.3, -0.25) is 0 Å². The summed E-state index contributed by atoms with van der Waals surface area (Å²) in [5.74, 6) is 0. The van der Waals surface area contributed by atoms with Gasteiger partial charge in [0.05, 0.1) is 12.2 Å². The molecule has 0 aromatic rings. The van der Waals surface area contributed by atoms with Gasteiger partial charge in [-0.25, -0.2) is 0 Å². The second-order valence-corrected chi connectivity index (χ2v) is 9.24. The SMILES string of the molecule is CCCCCCCCC(O)CNCCCCCCNCC(O)CCCCCCCC. The molecule has 0 amide bonds. The molecule has 0 aromatic carbocycles. The van der Waals surface area contributed by atoms with E-state index in [1.807, 2.05) is 0 Å². The highest BCUT2D eigenvalue weighted by molar-refractivity contribution is 4.62. The maximum Gasteiger partial charge on any atom is 0.0664 e. The van der Waals surface area contributed by atoms with Gasteiger partial charge in [0.25, 0.3) is 0 Å². The molecule has 0 fully saturated rings. The first-order valence-electron chi connectivity index (χ1n) is 13.5. The van der Waals surface area contributed by atoms with Crippen LogP contribution in [-0.4, -0.2) is 48.6 Å². The molecule has 0 saturated carbocycles. The Morgan fingerprint density at radius 2 is 0.800 bits per heavy atom. The molecule has 4 heteroatoms. The molecule has 0 heterocycles. The maximum absolute atomic E-state index is 10.0. The van der Waals surface area contributed by atoms with E-state index >= 15 is 0 Å². The molecule has 0 radical (unpaired) electrons. The van der Waals surface area contributed by atoms with Crippen molar-refractivity contribution in [1.82, 2.24) is 10.6 Å². The van der Waals surface area contributed by atoms with Gasteiger partial charge in [-0.15, -0.1) is 0 Å². The summed E-state index contributed by atoms with van der Waals surface area (Å²) in [6.07, 6.45) is 21.8. The van der Waals surface area contributed by atoms with Crippen molar-refractivity contribution in [2.45, 2.75) is 142 Å². The normalized spacial score (nSPS) is 13.6. The molecule has 0 aromatic heterocycles. The first-order valence-corrected chi connectivity index (χ1v) is 13.5. The van der Waals surface area contributed by atoms with Gasteiger partial charge in [0.1, 0.15) is 0 Å². The van der Waals surface area contributed by atoms with Crippen molar-refractivity contribution in [3.05, 3.63) is 0 Å². The number of unbranched alkanes of at least 4 members (excludes halogenated alkanes) is 13. The Balaban J connectivity index is 3.21.